The Hall–Kier alpha value is -0.280. The molecule has 2 aliphatic rings. The Kier molecular flexibility index (Phi) is 3.99. The van der Waals surface area contributed by atoms with Crippen LogP contribution in [0.4, 0.5) is 0 Å². The lowest BCUT2D eigenvalue weighted by molar-refractivity contribution is -0.292. The Morgan fingerprint density at radius 3 is 2.47 bits per heavy atom. The van der Waals surface area contributed by atoms with Gasteiger partial charge in [-0.3, -0.25) is 4.84 Å². The molecule has 0 saturated carbocycles. The molecule has 0 spiro atoms. The molecule has 0 aromatic carbocycles. The zero-order chi connectivity index (χ0) is 12.5. The predicted molar refractivity (Wildman–Crippen MR) is 55.7 cm³/mol. The van der Waals surface area contributed by atoms with Crippen molar-refractivity contribution >= 4 is 0 Å². The molecule has 0 aliphatic carbocycles. The number of hydrogen-bond acceptors (Lipinski definition) is 7. The van der Waals surface area contributed by atoms with Crippen molar-refractivity contribution < 1.29 is 30.0 Å². The van der Waals surface area contributed by atoms with Gasteiger partial charge >= 0.3 is 0 Å². The molecule has 2 rings (SSSR count). The van der Waals surface area contributed by atoms with Crippen molar-refractivity contribution in [1.82, 2.24) is 5.06 Å². The van der Waals surface area contributed by atoms with Crippen LogP contribution in [0.5, 0.6) is 0 Å². The first-order valence-electron chi connectivity index (χ1n) is 5.82. The van der Waals surface area contributed by atoms with Gasteiger partial charge in [0, 0.05) is 13.1 Å². The molecule has 4 N–H and O–H groups in total. The number of hydrogen-bond donors (Lipinski definition) is 4. The van der Waals surface area contributed by atoms with Gasteiger partial charge in [-0.05, 0) is 12.8 Å². The van der Waals surface area contributed by atoms with Crippen LogP contribution < -0.4 is 0 Å². The molecule has 1 unspecified atom stereocenters. The normalized spacial score (nSPS) is 43.4. The molecule has 0 aromatic rings. The summed E-state index contributed by atoms with van der Waals surface area (Å²) in [6.07, 6.45) is -1.72. The molecule has 2 aliphatic heterocycles. The molecule has 0 aromatic heterocycles. The summed E-state index contributed by atoms with van der Waals surface area (Å²) in [6, 6.07) is 0. The van der Waals surface area contributed by atoms with Crippen LogP contribution in [0.15, 0.2) is 0 Å². The van der Waals surface area contributed by atoms with Crippen molar-refractivity contribution in [2.24, 2.45) is 0 Å². The van der Waals surface area contributed by atoms with E-state index >= 15 is 0 Å². The summed E-state index contributed by atoms with van der Waals surface area (Å²) in [6.45, 7) is 0.822. The molecule has 4 atom stereocenters. The van der Waals surface area contributed by atoms with Gasteiger partial charge in [0.25, 0.3) is 0 Å². The third kappa shape index (κ3) is 2.60. The van der Waals surface area contributed by atoms with Crippen molar-refractivity contribution in [3.05, 3.63) is 0 Å². The highest BCUT2D eigenvalue weighted by atomic mass is 16.7. The molecule has 17 heavy (non-hydrogen) atoms. The maximum Gasteiger partial charge on any atom is 0.221 e. The first-order valence-corrected chi connectivity index (χ1v) is 5.82. The number of nitrogens with zero attached hydrogens (tertiary/aromatic N) is 1. The summed E-state index contributed by atoms with van der Waals surface area (Å²) in [5.41, 5.74) is 0. The first kappa shape index (κ1) is 13.2. The van der Waals surface area contributed by atoms with E-state index in [1.807, 2.05) is 0 Å². The molecule has 0 amide bonds. The average molecular weight is 249 g/mol. The molecule has 7 nitrogen and oxygen atoms in total. The van der Waals surface area contributed by atoms with Gasteiger partial charge in [0.15, 0.2) is 0 Å². The number of hydroxylamine groups is 2. The van der Waals surface area contributed by atoms with Crippen LogP contribution in [-0.4, -0.2) is 75.9 Å². The van der Waals surface area contributed by atoms with Crippen molar-refractivity contribution in [1.29, 1.82) is 0 Å². The monoisotopic (exact) mass is 249 g/mol. The van der Waals surface area contributed by atoms with E-state index in [1.54, 1.807) is 5.06 Å². The van der Waals surface area contributed by atoms with Crippen LogP contribution in [0.3, 0.4) is 0 Å². The SMILES string of the molecule is OC[C@@H]1OC(O)(CON2CCCC2)[C@@H](O)[C@@H]1O. The van der Waals surface area contributed by atoms with Crippen LogP contribution in [0, 0.1) is 0 Å². The summed E-state index contributed by atoms with van der Waals surface area (Å²) in [4.78, 5) is 5.31. The van der Waals surface area contributed by atoms with Gasteiger partial charge in [0.2, 0.25) is 5.79 Å². The summed E-state index contributed by atoms with van der Waals surface area (Å²) in [5.74, 6) is -1.96. The zero-order valence-electron chi connectivity index (χ0n) is 9.53. The van der Waals surface area contributed by atoms with Crippen LogP contribution >= 0.6 is 0 Å². The largest absolute Gasteiger partial charge is 0.394 e. The van der Waals surface area contributed by atoms with E-state index < -0.39 is 30.7 Å². The topological polar surface area (TPSA) is 103 Å². The van der Waals surface area contributed by atoms with Crippen molar-refractivity contribution in [2.75, 3.05) is 26.3 Å². The van der Waals surface area contributed by atoms with Gasteiger partial charge < -0.3 is 25.2 Å². The Balaban J connectivity index is 1.89. The molecule has 2 saturated heterocycles. The summed E-state index contributed by atoms with van der Waals surface area (Å²) < 4.78 is 5.04. The summed E-state index contributed by atoms with van der Waals surface area (Å²) >= 11 is 0. The lowest BCUT2D eigenvalue weighted by atomic mass is 10.1. The lowest BCUT2D eigenvalue weighted by Gasteiger charge is -2.27. The van der Waals surface area contributed by atoms with E-state index in [0.717, 1.165) is 25.9 Å². The fourth-order valence-corrected chi connectivity index (χ4v) is 2.14. The van der Waals surface area contributed by atoms with Crippen molar-refractivity contribution in [3.63, 3.8) is 0 Å². The highest BCUT2D eigenvalue weighted by molar-refractivity contribution is 4.95. The highest BCUT2D eigenvalue weighted by Crippen LogP contribution is 2.29. The summed E-state index contributed by atoms with van der Waals surface area (Å²) in [7, 11) is 0. The van der Waals surface area contributed by atoms with E-state index in [2.05, 4.69) is 0 Å². The van der Waals surface area contributed by atoms with E-state index in [-0.39, 0.29) is 6.61 Å². The van der Waals surface area contributed by atoms with Gasteiger partial charge in [-0.25, -0.2) is 0 Å². The number of aliphatic hydroxyl groups is 4. The average Bonchev–Trinajstić information content (AvgIpc) is 2.90. The van der Waals surface area contributed by atoms with Crippen molar-refractivity contribution in [2.45, 2.75) is 36.9 Å². The second kappa shape index (κ2) is 5.15. The Morgan fingerprint density at radius 1 is 1.29 bits per heavy atom. The molecule has 7 heteroatoms. The standard InChI is InChI=1S/C10H19NO6/c12-5-7-8(13)9(14)10(15,17-7)6-16-11-3-1-2-4-11/h7-9,12-15H,1-6H2/t7-,8+,9-,10?/m0/s1. The number of aliphatic hydroxyl groups excluding tert-OH is 3. The zero-order valence-corrected chi connectivity index (χ0v) is 9.53. The summed E-state index contributed by atoms with van der Waals surface area (Å²) in [5, 5.41) is 39.8. The van der Waals surface area contributed by atoms with Gasteiger partial charge in [-0.15, -0.1) is 0 Å². The maximum absolute atomic E-state index is 10.00. The molecule has 100 valence electrons. The quantitative estimate of drug-likeness (QED) is 0.449. The highest BCUT2D eigenvalue weighted by Gasteiger charge is 2.53. The third-order valence-electron chi connectivity index (χ3n) is 3.22. The van der Waals surface area contributed by atoms with Crippen LogP contribution in [0.1, 0.15) is 12.8 Å². The number of rotatable bonds is 4. The van der Waals surface area contributed by atoms with Crippen LogP contribution in [0.2, 0.25) is 0 Å². The second-order valence-electron chi connectivity index (χ2n) is 4.53. The van der Waals surface area contributed by atoms with Gasteiger partial charge in [0.05, 0.1) is 6.61 Å². The number of ether oxygens (including phenoxy) is 1. The van der Waals surface area contributed by atoms with Gasteiger partial charge in [0.1, 0.15) is 24.9 Å². The fourth-order valence-electron chi connectivity index (χ4n) is 2.14. The molecular formula is C10H19NO6. The van der Waals surface area contributed by atoms with Gasteiger partial charge in [-0.1, -0.05) is 0 Å². The minimum absolute atomic E-state index is 0.262. The first-order chi connectivity index (χ1) is 8.07. The second-order valence-corrected chi connectivity index (χ2v) is 4.53. The van der Waals surface area contributed by atoms with Crippen LogP contribution in [0.25, 0.3) is 0 Å². The van der Waals surface area contributed by atoms with E-state index in [9.17, 15) is 15.3 Å². The van der Waals surface area contributed by atoms with E-state index in [1.165, 1.54) is 0 Å². The Bertz CT molecular complexity index is 259. The van der Waals surface area contributed by atoms with Gasteiger partial charge in [-0.2, -0.15) is 5.06 Å². The molecular weight excluding hydrogens is 230 g/mol. The Morgan fingerprint density at radius 2 is 1.94 bits per heavy atom. The third-order valence-corrected chi connectivity index (χ3v) is 3.22. The van der Waals surface area contributed by atoms with Crippen LogP contribution in [-0.2, 0) is 9.57 Å². The minimum Gasteiger partial charge on any atom is -0.394 e. The Labute approximate surface area is 99.1 Å². The minimum atomic E-state index is -1.96. The maximum atomic E-state index is 10.00. The van der Waals surface area contributed by atoms with E-state index in [0.29, 0.717) is 0 Å². The lowest BCUT2D eigenvalue weighted by Crippen LogP contribution is -2.48. The molecule has 0 radical (unpaired) electrons. The fraction of sp³-hybridized carbons (Fsp3) is 1.00. The van der Waals surface area contributed by atoms with E-state index in [4.69, 9.17) is 14.7 Å². The predicted octanol–water partition coefficient (Wildman–Crippen LogP) is -2.18. The molecule has 0 bridgehead atoms. The molecule has 2 fully saturated rings. The smallest absolute Gasteiger partial charge is 0.221 e. The molecule has 2 heterocycles. The van der Waals surface area contributed by atoms with Crippen molar-refractivity contribution in [3.8, 4) is 0 Å².